The van der Waals surface area contributed by atoms with Gasteiger partial charge in [-0.15, -0.1) is 35.9 Å². The Morgan fingerprint density at radius 1 is 1.18 bits per heavy atom. The predicted octanol–water partition coefficient (Wildman–Crippen LogP) is 3.63. The van der Waals surface area contributed by atoms with Crippen LogP contribution in [0.5, 0.6) is 0 Å². The number of fused-ring (bicyclic) bond motifs is 1. The molecule has 3 unspecified atom stereocenters. The minimum absolute atomic E-state index is 0. The molecule has 3 fully saturated rings. The van der Waals surface area contributed by atoms with Crippen molar-refractivity contribution < 1.29 is 19.1 Å². The zero-order chi connectivity index (χ0) is 22.8. The fourth-order valence-electron chi connectivity index (χ4n) is 4.55. The summed E-state index contributed by atoms with van der Waals surface area (Å²) in [4.78, 5) is 28.1. The Balaban J connectivity index is 0.00000274. The van der Waals surface area contributed by atoms with Crippen molar-refractivity contribution in [3.05, 3.63) is 71.8 Å². The summed E-state index contributed by atoms with van der Waals surface area (Å²) in [6.45, 7) is 1.09. The van der Waals surface area contributed by atoms with Gasteiger partial charge >= 0.3 is 5.97 Å². The van der Waals surface area contributed by atoms with Gasteiger partial charge in [-0.05, 0) is 24.0 Å². The fraction of sp³-hybridized carbons (Fsp3) is 0.440. The molecule has 0 bridgehead atoms. The molecule has 2 aromatic carbocycles. The summed E-state index contributed by atoms with van der Waals surface area (Å²) in [5.41, 5.74) is 7.83. The van der Waals surface area contributed by atoms with Crippen LogP contribution in [0.25, 0.3) is 0 Å². The van der Waals surface area contributed by atoms with Crippen LogP contribution >= 0.6 is 35.9 Å². The molecule has 2 aromatic rings. The molecule has 6 nitrogen and oxygen atoms in total. The largest absolute Gasteiger partial charge is 0.451 e. The molecule has 3 aliphatic rings. The first-order valence-electron chi connectivity index (χ1n) is 11.3. The van der Waals surface area contributed by atoms with E-state index in [1.807, 2.05) is 60.7 Å². The highest BCUT2D eigenvalue weighted by molar-refractivity contribution is 8.05. The van der Waals surface area contributed by atoms with Gasteiger partial charge in [0.1, 0.15) is 16.2 Å². The number of halogens is 1. The maximum atomic E-state index is 13.9. The maximum Gasteiger partial charge on any atom is 0.325 e. The molecule has 182 valence electrons. The van der Waals surface area contributed by atoms with Gasteiger partial charge in [0.25, 0.3) is 0 Å². The van der Waals surface area contributed by atoms with Gasteiger partial charge in [-0.2, -0.15) is 0 Å². The third kappa shape index (κ3) is 4.97. The zero-order valence-electron chi connectivity index (χ0n) is 18.7. The number of β-lactam (4-membered cyclic amide) rings is 1. The molecule has 4 atom stereocenters. The van der Waals surface area contributed by atoms with Crippen molar-refractivity contribution >= 4 is 47.8 Å². The van der Waals surface area contributed by atoms with Gasteiger partial charge in [0, 0.05) is 24.7 Å². The average Bonchev–Trinajstić information content (AvgIpc) is 3.40. The molecule has 3 aliphatic heterocycles. The Morgan fingerprint density at radius 3 is 2.41 bits per heavy atom. The van der Waals surface area contributed by atoms with E-state index >= 15 is 0 Å². The van der Waals surface area contributed by atoms with E-state index in [0.717, 1.165) is 30.6 Å². The third-order valence-corrected chi connectivity index (χ3v) is 9.73. The Morgan fingerprint density at radius 2 is 1.82 bits per heavy atom. The highest BCUT2D eigenvalue weighted by Crippen LogP contribution is 2.45. The maximum absolute atomic E-state index is 13.9. The lowest BCUT2D eigenvalue weighted by molar-refractivity contribution is -0.154. The fourth-order valence-corrected chi connectivity index (χ4v) is 7.58. The van der Waals surface area contributed by atoms with Crippen LogP contribution in [0.4, 0.5) is 0 Å². The van der Waals surface area contributed by atoms with Crippen LogP contribution < -0.4 is 5.73 Å². The summed E-state index contributed by atoms with van der Waals surface area (Å²) >= 11 is 3.15. The molecule has 5 rings (SSSR count). The molecule has 9 heteroatoms. The minimum atomic E-state index is -0.856. The van der Waals surface area contributed by atoms with Crippen LogP contribution in [0.2, 0.25) is 0 Å². The molecule has 3 saturated heterocycles. The van der Waals surface area contributed by atoms with Gasteiger partial charge in [0.15, 0.2) is 6.10 Å². The first-order chi connectivity index (χ1) is 16.1. The van der Waals surface area contributed by atoms with E-state index in [4.69, 9.17) is 15.2 Å². The Kier molecular flexibility index (Phi) is 8.15. The van der Waals surface area contributed by atoms with E-state index in [-0.39, 0.29) is 35.8 Å². The molecule has 2 N–H and O–H groups in total. The number of ether oxygens (including phenoxy) is 2. The molecule has 3 heterocycles. The number of carbonyl (C=O) groups excluding carboxylic acids is 2. The number of nitrogens with two attached hydrogens (primary N) is 1. The van der Waals surface area contributed by atoms with Crippen LogP contribution in [0.3, 0.4) is 0 Å². The van der Waals surface area contributed by atoms with Gasteiger partial charge in [0.2, 0.25) is 5.91 Å². The Bertz CT molecular complexity index is 953. The average molecular weight is 521 g/mol. The molecule has 1 amide bonds. The summed E-state index contributed by atoms with van der Waals surface area (Å²) in [5.74, 6) is 0.879. The molecular formula is C25H29ClN2O4S2. The topological polar surface area (TPSA) is 81.9 Å². The van der Waals surface area contributed by atoms with E-state index < -0.39 is 16.9 Å². The monoisotopic (exact) mass is 520 g/mol. The van der Waals surface area contributed by atoms with E-state index in [1.54, 1.807) is 28.4 Å². The van der Waals surface area contributed by atoms with Gasteiger partial charge in [-0.3, -0.25) is 9.59 Å². The van der Waals surface area contributed by atoms with Crippen molar-refractivity contribution in [1.29, 1.82) is 0 Å². The number of rotatable bonds is 7. The van der Waals surface area contributed by atoms with Crippen LogP contribution in [-0.4, -0.2) is 63.7 Å². The lowest BCUT2D eigenvalue weighted by atomic mass is 10.00. The summed E-state index contributed by atoms with van der Waals surface area (Å²) in [7, 11) is 0. The third-order valence-electron chi connectivity index (χ3n) is 6.47. The number of esters is 1. The van der Waals surface area contributed by atoms with Crippen molar-refractivity contribution in [1.82, 2.24) is 4.90 Å². The molecular weight excluding hydrogens is 492 g/mol. The van der Waals surface area contributed by atoms with E-state index in [9.17, 15) is 9.59 Å². The summed E-state index contributed by atoms with van der Waals surface area (Å²) in [5, 5.41) is -0.0548. The molecule has 34 heavy (non-hydrogen) atoms. The number of nitrogens with zero attached hydrogens (tertiary/aromatic N) is 1. The SMILES string of the molecule is Cl.NC1C(=O)N2CC(SCC3CCCO3)(C(=O)OC(c3ccccc3)c3ccccc3)CS[C@H]12. The first-order valence-corrected chi connectivity index (χ1v) is 13.3. The van der Waals surface area contributed by atoms with Crippen LogP contribution in [0, 0.1) is 0 Å². The van der Waals surface area contributed by atoms with Crippen LogP contribution in [0.15, 0.2) is 60.7 Å². The number of amides is 1. The number of hydrogen-bond donors (Lipinski definition) is 1. The molecule has 0 spiro atoms. The highest BCUT2D eigenvalue weighted by atomic mass is 35.5. The Hall–Kier alpha value is -1.71. The number of benzene rings is 2. The lowest BCUT2D eigenvalue weighted by Crippen LogP contribution is -2.73. The number of thioether (sulfide) groups is 2. The first kappa shape index (κ1) is 25.4. The van der Waals surface area contributed by atoms with E-state index in [0.29, 0.717) is 18.1 Å². The molecule has 0 saturated carbocycles. The smallest absolute Gasteiger partial charge is 0.325 e. The lowest BCUT2D eigenvalue weighted by Gasteiger charge is -2.53. The second-order valence-electron chi connectivity index (χ2n) is 8.74. The van der Waals surface area contributed by atoms with Gasteiger partial charge < -0.3 is 20.1 Å². The predicted molar refractivity (Wildman–Crippen MR) is 138 cm³/mol. The Labute approximate surface area is 214 Å². The standard InChI is InChI=1S/C25H28N2O4S2.ClH/c26-20-22(28)27-15-25(16-32-23(20)27,33-14-19-12-7-13-30-19)24(29)31-21(17-8-3-1-4-9-17)18-10-5-2-6-11-18;/h1-6,8-11,19-21,23H,7,12-16,26H2;1H/t19?,20?,23-,25?;/m1./s1. The van der Waals surface area contributed by atoms with Crippen LogP contribution in [-0.2, 0) is 19.1 Å². The van der Waals surface area contributed by atoms with Crippen molar-refractivity contribution in [3.63, 3.8) is 0 Å². The van der Waals surface area contributed by atoms with E-state index in [2.05, 4.69) is 0 Å². The van der Waals surface area contributed by atoms with Gasteiger partial charge in [0.05, 0.1) is 6.10 Å². The van der Waals surface area contributed by atoms with Crippen molar-refractivity contribution in [2.24, 2.45) is 5.73 Å². The summed E-state index contributed by atoms with van der Waals surface area (Å²) < 4.78 is 11.2. The van der Waals surface area contributed by atoms with Crippen molar-refractivity contribution in [2.45, 2.75) is 41.2 Å². The van der Waals surface area contributed by atoms with Gasteiger partial charge in [-0.25, -0.2) is 0 Å². The quantitative estimate of drug-likeness (QED) is 0.441. The van der Waals surface area contributed by atoms with Gasteiger partial charge in [-0.1, -0.05) is 60.7 Å². The molecule has 0 aliphatic carbocycles. The zero-order valence-corrected chi connectivity index (χ0v) is 21.2. The normalized spacial score (nSPS) is 28.1. The number of carbonyl (C=O) groups is 2. The summed E-state index contributed by atoms with van der Waals surface area (Å²) in [6, 6.07) is 19.1. The van der Waals surface area contributed by atoms with Crippen molar-refractivity contribution in [3.8, 4) is 0 Å². The minimum Gasteiger partial charge on any atom is -0.451 e. The molecule has 0 radical (unpaired) electrons. The second-order valence-corrected chi connectivity index (χ2v) is 11.2. The number of hydrogen-bond acceptors (Lipinski definition) is 7. The summed E-state index contributed by atoms with van der Waals surface area (Å²) in [6.07, 6.45) is 1.66. The second kappa shape index (κ2) is 10.9. The van der Waals surface area contributed by atoms with Crippen molar-refractivity contribution in [2.75, 3.05) is 24.7 Å². The highest BCUT2D eigenvalue weighted by Gasteiger charge is 2.57. The molecule has 0 aromatic heterocycles. The van der Waals surface area contributed by atoms with E-state index in [1.165, 1.54) is 0 Å². The van der Waals surface area contributed by atoms with Crippen LogP contribution in [0.1, 0.15) is 30.1 Å².